The van der Waals surface area contributed by atoms with Crippen molar-refractivity contribution in [3.05, 3.63) is 68.1 Å². The highest BCUT2D eigenvalue weighted by molar-refractivity contribution is 5.76. The highest BCUT2D eigenvalue weighted by Crippen LogP contribution is 2.16. The molecule has 0 fully saturated rings. The van der Waals surface area contributed by atoms with E-state index in [0.29, 0.717) is 24.9 Å². The molecule has 5 nitrogen and oxygen atoms in total. The molecule has 1 heterocycles. The van der Waals surface area contributed by atoms with Crippen LogP contribution in [0.2, 0.25) is 0 Å². The standard InChI is InChI=1S/C20H23N3O2/c1-13-5-7-16(8-6-13)12-23(4)19(24)10-9-17-14(2)18(11-21)20(25)22-15(17)3/h5-8H,9-10,12H2,1-4H3,(H,22,25). The van der Waals surface area contributed by atoms with Crippen LogP contribution in [0.1, 0.15) is 39.9 Å². The van der Waals surface area contributed by atoms with Crippen molar-refractivity contribution in [1.82, 2.24) is 9.88 Å². The molecular formula is C20H23N3O2. The Kier molecular flexibility index (Phi) is 5.76. The van der Waals surface area contributed by atoms with Gasteiger partial charge in [0, 0.05) is 25.7 Å². The van der Waals surface area contributed by atoms with Gasteiger partial charge in [0.1, 0.15) is 11.6 Å². The van der Waals surface area contributed by atoms with Crippen molar-refractivity contribution in [2.24, 2.45) is 0 Å². The lowest BCUT2D eigenvalue weighted by Gasteiger charge is -2.18. The number of carbonyl (C=O) groups is 1. The SMILES string of the molecule is Cc1ccc(CN(C)C(=O)CCc2c(C)[nH]c(=O)c(C#N)c2C)cc1. The Morgan fingerprint density at radius 2 is 1.84 bits per heavy atom. The lowest BCUT2D eigenvalue weighted by atomic mass is 9.99. The van der Waals surface area contributed by atoms with Crippen molar-refractivity contribution in [3.8, 4) is 6.07 Å². The Morgan fingerprint density at radius 1 is 1.20 bits per heavy atom. The number of aromatic nitrogens is 1. The molecule has 0 unspecified atom stereocenters. The minimum absolute atomic E-state index is 0.0316. The summed E-state index contributed by atoms with van der Waals surface area (Å²) in [6.45, 7) is 6.15. The molecule has 0 saturated heterocycles. The molecule has 1 aromatic carbocycles. The van der Waals surface area contributed by atoms with E-state index in [2.05, 4.69) is 4.98 Å². The van der Waals surface area contributed by atoms with Crippen molar-refractivity contribution in [2.45, 2.75) is 40.2 Å². The van der Waals surface area contributed by atoms with E-state index in [4.69, 9.17) is 5.26 Å². The maximum atomic E-state index is 12.4. The summed E-state index contributed by atoms with van der Waals surface area (Å²) in [5.74, 6) is 0.0316. The highest BCUT2D eigenvalue weighted by Gasteiger charge is 2.15. The maximum absolute atomic E-state index is 12.4. The van der Waals surface area contributed by atoms with Gasteiger partial charge in [-0.1, -0.05) is 29.8 Å². The molecule has 2 rings (SSSR count). The molecule has 0 bridgehead atoms. The number of hydrogen-bond acceptors (Lipinski definition) is 3. The molecule has 2 aromatic rings. The van der Waals surface area contributed by atoms with Crippen LogP contribution >= 0.6 is 0 Å². The maximum Gasteiger partial charge on any atom is 0.266 e. The van der Waals surface area contributed by atoms with Crippen LogP contribution < -0.4 is 5.56 Å². The van der Waals surface area contributed by atoms with Gasteiger partial charge in [-0.3, -0.25) is 9.59 Å². The zero-order valence-electron chi connectivity index (χ0n) is 15.1. The molecule has 130 valence electrons. The van der Waals surface area contributed by atoms with Gasteiger partial charge in [0.05, 0.1) is 0 Å². The first-order valence-corrected chi connectivity index (χ1v) is 8.25. The van der Waals surface area contributed by atoms with Crippen molar-refractivity contribution >= 4 is 5.91 Å². The second-order valence-electron chi connectivity index (χ2n) is 6.40. The number of nitrogens with zero attached hydrogens (tertiary/aromatic N) is 2. The van der Waals surface area contributed by atoms with Crippen LogP contribution in [0, 0.1) is 32.1 Å². The Bertz CT molecular complexity index is 874. The number of hydrogen-bond donors (Lipinski definition) is 1. The number of nitriles is 1. The van der Waals surface area contributed by atoms with Crippen molar-refractivity contribution < 1.29 is 4.79 Å². The van der Waals surface area contributed by atoms with Crippen molar-refractivity contribution in [1.29, 1.82) is 5.26 Å². The molecule has 0 aliphatic carbocycles. The normalized spacial score (nSPS) is 10.4. The van der Waals surface area contributed by atoms with Crippen LogP contribution in [0.3, 0.4) is 0 Å². The molecular weight excluding hydrogens is 314 g/mol. The van der Waals surface area contributed by atoms with E-state index in [-0.39, 0.29) is 17.0 Å². The smallest absolute Gasteiger partial charge is 0.266 e. The number of benzene rings is 1. The fourth-order valence-electron chi connectivity index (χ4n) is 2.90. The van der Waals surface area contributed by atoms with Gasteiger partial charge in [0.15, 0.2) is 0 Å². The van der Waals surface area contributed by atoms with Crippen LogP contribution in [0.25, 0.3) is 0 Å². The Labute approximate surface area is 147 Å². The summed E-state index contributed by atoms with van der Waals surface area (Å²) < 4.78 is 0. The van der Waals surface area contributed by atoms with E-state index in [0.717, 1.165) is 16.8 Å². The fourth-order valence-corrected chi connectivity index (χ4v) is 2.90. The molecule has 0 spiro atoms. The summed E-state index contributed by atoms with van der Waals surface area (Å²) in [7, 11) is 1.79. The molecule has 0 radical (unpaired) electrons. The molecule has 1 amide bonds. The minimum Gasteiger partial charge on any atom is -0.341 e. The van der Waals surface area contributed by atoms with Gasteiger partial charge in [-0.15, -0.1) is 0 Å². The first-order chi connectivity index (χ1) is 11.8. The van der Waals surface area contributed by atoms with E-state index in [1.165, 1.54) is 5.56 Å². The molecule has 0 saturated carbocycles. The number of pyridine rings is 1. The Morgan fingerprint density at radius 3 is 2.44 bits per heavy atom. The predicted octanol–water partition coefficient (Wildman–Crippen LogP) is 2.76. The van der Waals surface area contributed by atoms with Crippen LogP contribution in [-0.2, 0) is 17.8 Å². The van der Waals surface area contributed by atoms with Crippen molar-refractivity contribution in [2.75, 3.05) is 7.05 Å². The van der Waals surface area contributed by atoms with Gasteiger partial charge in [-0.05, 0) is 43.9 Å². The first-order valence-electron chi connectivity index (χ1n) is 8.25. The topological polar surface area (TPSA) is 77.0 Å². The molecule has 0 aliphatic rings. The van der Waals surface area contributed by atoms with E-state index in [1.54, 1.807) is 25.8 Å². The van der Waals surface area contributed by atoms with Gasteiger partial charge in [0.2, 0.25) is 5.91 Å². The van der Waals surface area contributed by atoms with Gasteiger partial charge in [-0.2, -0.15) is 5.26 Å². The number of rotatable bonds is 5. The monoisotopic (exact) mass is 337 g/mol. The lowest BCUT2D eigenvalue weighted by molar-refractivity contribution is -0.130. The zero-order chi connectivity index (χ0) is 18.6. The predicted molar refractivity (Wildman–Crippen MR) is 97.2 cm³/mol. The second-order valence-corrected chi connectivity index (χ2v) is 6.40. The van der Waals surface area contributed by atoms with Gasteiger partial charge in [-0.25, -0.2) is 0 Å². The third-order valence-electron chi connectivity index (χ3n) is 4.48. The molecule has 0 aliphatic heterocycles. The first kappa shape index (κ1) is 18.5. The highest BCUT2D eigenvalue weighted by atomic mass is 16.2. The summed E-state index contributed by atoms with van der Waals surface area (Å²) in [6.07, 6.45) is 0.834. The van der Waals surface area contributed by atoms with Gasteiger partial charge >= 0.3 is 0 Å². The van der Waals surface area contributed by atoms with Gasteiger partial charge in [0.25, 0.3) is 5.56 Å². The third kappa shape index (κ3) is 4.36. The molecule has 1 aromatic heterocycles. The molecule has 1 N–H and O–H groups in total. The summed E-state index contributed by atoms with van der Waals surface area (Å²) in [6, 6.07) is 10.0. The van der Waals surface area contributed by atoms with Crippen LogP contribution in [0.15, 0.2) is 29.1 Å². The largest absolute Gasteiger partial charge is 0.341 e. The second kappa shape index (κ2) is 7.80. The summed E-state index contributed by atoms with van der Waals surface area (Å²) in [4.78, 5) is 28.6. The Balaban J connectivity index is 2.06. The molecule has 0 atom stereocenters. The number of nitrogens with one attached hydrogen (secondary N) is 1. The van der Waals surface area contributed by atoms with Crippen molar-refractivity contribution in [3.63, 3.8) is 0 Å². The Hall–Kier alpha value is -2.87. The van der Waals surface area contributed by atoms with E-state index in [1.807, 2.05) is 37.3 Å². The third-order valence-corrected chi connectivity index (χ3v) is 4.48. The summed E-state index contributed by atoms with van der Waals surface area (Å²) in [5.41, 5.74) is 4.28. The molecule has 5 heteroatoms. The number of H-pyrrole nitrogens is 1. The quantitative estimate of drug-likeness (QED) is 0.911. The average Bonchev–Trinajstić information content (AvgIpc) is 2.56. The average molecular weight is 337 g/mol. The lowest BCUT2D eigenvalue weighted by Crippen LogP contribution is -2.27. The van der Waals surface area contributed by atoms with E-state index < -0.39 is 0 Å². The number of amides is 1. The van der Waals surface area contributed by atoms with E-state index in [9.17, 15) is 9.59 Å². The van der Waals surface area contributed by atoms with Crippen LogP contribution in [0.5, 0.6) is 0 Å². The van der Waals surface area contributed by atoms with Crippen LogP contribution in [-0.4, -0.2) is 22.8 Å². The van der Waals surface area contributed by atoms with Gasteiger partial charge < -0.3 is 9.88 Å². The minimum atomic E-state index is -0.371. The number of aryl methyl sites for hydroxylation is 2. The summed E-state index contributed by atoms with van der Waals surface area (Å²) in [5, 5.41) is 9.12. The van der Waals surface area contributed by atoms with E-state index >= 15 is 0 Å². The molecule has 25 heavy (non-hydrogen) atoms. The van der Waals surface area contributed by atoms with Crippen LogP contribution in [0.4, 0.5) is 0 Å². The fraction of sp³-hybridized carbons (Fsp3) is 0.350. The number of aromatic amines is 1. The number of carbonyl (C=O) groups excluding carboxylic acids is 1. The summed E-state index contributed by atoms with van der Waals surface area (Å²) >= 11 is 0. The zero-order valence-corrected chi connectivity index (χ0v) is 15.1.